The monoisotopic (exact) mass is 567 g/mol. The standard InChI is InChI=1S/C29H41N7O5/c1-16(2)9-21(30)26(37)34-24(11-18-13-32-22-8-6-5-7-20(18)22)28(39)35-23(10-17(3)4)27(38)36-25(29(40)41)12-19-14-31-15-33-19/h5-8,13-17,21,23-25,32H,9-12,30H2,1-4H3,(H,31,33)(H,34,37)(H,35,39)(H,36,38)(H,40,41). The van der Waals surface area contributed by atoms with E-state index in [1.165, 1.54) is 12.5 Å². The zero-order valence-electron chi connectivity index (χ0n) is 23.9. The third kappa shape index (κ3) is 9.17. The smallest absolute Gasteiger partial charge is 0.326 e. The topological polar surface area (TPSA) is 195 Å². The molecule has 3 rings (SSSR count). The van der Waals surface area contributed by atoms with Gasteiger partial charge in [-0.15, -0.1) is 0 Å². The fourth-order valence-electron chi connectivity index (χ4n) is 4.69. The van der Waals surface area contributed by atoms with Crippen LogP contribution in [0.2, 0.25) is 0 Å². The Balaban J connectivity index is 1.82. The summed E-state index contributed by atoms with van der Waals surface area (Å²) in [5, 5.41) is 18.7. The average Bonchev–Trinajstić information content (AvgIpc) is 3.56. The van der Waals surface area contributed by atoms with E-state index in [0.717, 1.165) is 16.5 Å². The number of hydrogen-bond acceptors (Lipinski definition) is 6. The first-order chi connectivity index (χ1) is 19.4. The number of carbonyl (C=O) groups excluding carboxylic acids is 3. The maximum Gasteiger partial charge on any atom is 0.326 e. The number of para-hydroxylation sites is 1. The van der Waals surface area contributed by atoms with E-state index in [9.17, 15) is 24.3 Å². The van der Waals surface area contributed by atoms with Gasteiger partial charge in [-0.3, -0.25) is 14.4 Å². The van der Waals surface area contributed by atoms with Gasteiger partial charge in [-0.1, -0.05) is 45.9 Å². The minimum atomic E-state index is -1.23. The van der Waals surface area contributed by atoms with E-state index in [4.69, 9.17) is 5.73 Å². The SMILES string of the molecule is CC(C)CC(N)C(=O)NC(Cc1c[nH]c2ccccc12)C(=O)NC(CC(C)C)C(=O)NC(Cc1cnc[nH]1)C(=O)O. The van der Waals surface area contributed by atoms with Gasteiger partial charge in [-0.05, 0) is 36.3 Å². The molecule has 222 valence electrons. The van der Waals surface area contributed by atoms with E-state index in [1.807, 2.05) is 52.0 Å². The Kier molecular flexibility index (Phi) is 11.0. The van der Waals surface area contributed by atoms with E-state index in [1.54, 1.807) is 6.20 Å². The van der Waals surface area contributed by atoms with Crippen molar-refractivity contribution in [2.24, 2.45) is 17.6 Å². The second kappa shape index (κ2) is 14.4. The van der Waals surface area contributed by atoms with E-state index in [2.05, 4.69) is 30.9 Å². The fourth-order valence-corrected chi connectivity index (χ4v) is 4.69. The highest BCUT2D eigenvalue weighted by molar-refractivity contribution is 5.95. The molecular weight excluding hydrogens is 526 g/mol. The van der Waals surface area contributed by atoms with Gasteiger partial charge in [-0.2, -0.15) is 0 Å². The molecule has 0 spiro atoms. The molecule has 0 aliphatic rings. The Morgan fingerprint density at radius 2 is 1.49 bits per heavy atom. The first-order valence-corrected chi connectivity index (χ1v) is 13.9. The Hall–Kier alpha value is -4.19. The predicted octanol–water partition coefficient (Wildman–Crippen LogP) is 1.63. The van der Waals surface area contributed by atoms with Crippen LogP contribution in [0.4, 0.5) is 0 Å². The molecule has 0 radical (unpaired) electrons. The number of hydrogen-bond donors (Lipinski definition) is 7. The number of amides is 3. The van der Waals surface area contributed by atoms with Crippen LogP contribution in [0, 0.1) is 11.8 Å². The molecule has 0 aliphatic heterocycles. The molecule has 12 nitrogen and oxygen atoms in total. The molecule has 0 aliphatic carbocycles. The molecular formula is C29H41N7O5. The lowest BCUT2D eigenvalue weighted by Gasteiger charge is -2.26. The summed E-state index contributed by atoms with van der Waals surface area (Å²) in [7, 11) is 0. The molecule has 4 unspecified atom stereocenters. The van der Waals surface area contributed by atoms with Crippen LogP contribution >= 0.6 is 0 Å². The van der Waals surface area contributed by atoms with Crippen molar-refractivity contribution >= 4 is 34.6 Å². The fraction of sp³-hybridized carbons (Fsp3) is 0.483. The molecule has 3 amide bonds. The van der Waals surface area contributed by atoms with Crippen molar-refractivity contribution in [3.63, 3.8) is 0 Å². The number of nitrogens with one attached hydrogen (secondary N) is 5. The number of benzene rings is 1. The number of carboxylic acids is 1. The number of nitrogens with zero attached hydrogens (tertiary/aromatic N) is 1. The number of nitrogens with two attached hydrogens (primary N) is 1. The molecule has 2 heterocycles. The number of H-pyrrole nitrogens is 2. The Morgan fingerprint density at radius 1 is 0.854 bits per heavy atom. The third-order valence-corrected chi connectivity index (χ3v) is 6.73. The predicted molar refractivity (Wildman–Crippen MR) is 155 cm³/mol. The van der Waals surface area contributed by atoms with Crippen molar-refractivity contribution in [3.05, 3.63) is 54.2 Å². The first-order valence-electron chi connectivity index (χ1n) is 13.9. The van der Waals surface area contributed by atoms with Gasteiger partial charge in [0, 0.05) is 41.8 Å². The Morgan fingerprint density at radius 3 is 2.12 bits per heavy atom. The second-order valence-corrected chi connectivity index (χ2v) is 11.2. The van der Waals surface area contributed by atoms with Crippen LogP contribution in [0.25, 0.3) is 10.9 Å². The van der Waals surface area contributed by atoms with E-state index < -0.39 is 47.9 Å². The average molecular weight is 568 g/mol. The number of carbonyl (C=O) groups is 4. The highest BCUT2D eigenvalue weighted by Crippen LogP contribution is 2.19. The van der Waals surface area contributed by atoms with Crippen molar-refractivity contribution in [2.75, 3.05) is 0 Å². The van der Waals surface area contributed by atoms with Crippen LogP contribution in [0.1, 0.15) is 51.8 Å². The maximum atomic E-state index is 13.7. The highest BCUT2D eigenvalue weighted by atomic mass is 16.4. The number of fused-ring (bicyclic) bond motifs is 1. The summed E-state index contributed by atoms with van der Waals surface area (Å²) in [6.45, 7) is 7.69. The summed E-state index contributed by atoms with van der Waals surface area (Å²) < 4.78 is 0. The summed E-state index contributed by atoms with van der Waals surface area (Å²) in [4.78, 5) is 61.7. The molecule has 0 saturated heterocycles. The summed E-state index contributed by atoms with van der Waals surface area (Å²) >= 11 is 0. The largest absolute Gasteiger partial charge is 0.480 e. The van der Waals surface area contributed by atoms with E-state index >= 15 is 0 Å². The summed E-state index contributed by atoms with van der Waals surface area (Å²) in [6.07, 6.45) is 5.55. The minimum absolute atomic E-state index is 0.00283. The van der Waals surface area contributed by atoms with Gasteiger partial charge in [0.05, 0.1) is 12.4 Å². The molecule has 0 saturated carbocycles. The summed E-state index contributed by atoms with van der Waals surface area (Å²) in [5.41, 5.74) is 8.35. The molecule has 0 fully saturated rings. The lowest BCUT2D eigenvalue weighted by atomic mass is 9.99. The third-order valence-electron chi connectivity index (χ3n) is 6.73. The Labute approximate surface area is 239 Å². The van der Waals surface area contributed by atoms with Crippen molar-refractivity contribution in [1.29, 1.82) is 0 Å². The first kappa shape index (κ1) is 31.3. The molecule has 41 heavy (non-hydrogen) atoms. The molecule has 8 N–H and O–H groups in total. The van der Waals surface area contributed by atoms with Gasteiger partial charge in [0.15, 0.2) is 0 Å². The number of aromatic amines is 2. The van der Waals surface area contributed by atoms with E-state index in [0.29, 0.717) is 12.1 Å². The van der Waals surface area contributed by atoms with Crippen LogP contribution in [0.3, 0.4) is 0 Å². The Bertz CT molecular complexity index is 1320. The van der Waals surface area contributed by atoms with Gasteiger partial charge in [0.2, 0.25) is 17.7 Å². The van der Waals surface area contributed by atoms with Crippen LogP contribution in [0.15, 0.2) is 43.0 Å². The van der Waals surface area contributed by atoms with Crippen LogP contribution in [0.5, 0.6) is 0 Å². The molecule has 12 heteroatoms. The molecule has 1 aromatic carbocycles. The highest BCUT2D eigenvalue weighted by Gasteiger charge is 2.31. The minimum Gasteiger partial charge on any atom is -0.480 e. The number of aliphatic carboxylic acids is 1. The van der Waals surface area contributed by atoms with Gasteiger partial charge in [0.1, 0.15) is 18.1 Å². The van der Waals surface area contributed by atoms with Gasteiger partial charge in [-0.25, -0.2) is 9.78 Å². The van der Waals surface area contributed by atoms with Crippen LogP contribution < -0.4 is 21.7 Å². The zero-order valence-corrected chi connectivity index (χ0v) is 23.9. The van der Waals surface area contributed by atoms with E-state index in [-0.39, 0.29) is 31.1 Å². The lowest BCUT2D eigenvalue weighted by Crippen LogP contribution is -2.58. The number of carboxylic acid groups (broad SMARTS) is 1. The van der Waals surface area contributed by atoms with Crippen molar-refractivity contribution in [3.8, 4) is 0 Å². The molecule has 4 atom stereocenters. The van der Waals surface area contributed by atoms with Crippen molar-refractivity contribution in [2.45, 2.75) is 77.5 Å². The van der Waals surface area contributed by atoms with Crippen molar-refractivity contribution in [1.82, 2.24) is 30.9 Å². The summed E-state index contributed by atoms with van der Waals surface area (Å²) in [5.74, 6) is -2.70. The zero-order chi connectivity index (χ0) is 30.1. The number of rotatable bonds is 15. The van der Waals surface area contributed by atoms with Gasteiger partial charge >= 0.3 is 5.97 Å². The number of imidazole rings is 1. The van der Waals surface area contributed by atoms with Gasteiger partial charge in [0.25, 0.3) is 0 Å². The molecule has 3 aromatic rings. The quantitative estimate of drug-likeness (QED) is 0.145. The summed E-state index contributed by atoms with van der Waals surface area (Å²) in [6, 6.07) is 3.52. The molecule has 0 bridgehead atoms. The second-order valence-electron chi connectivity index (χ2n) is 11.2. The lowest BCUT2D eigenvalue weighted by molar-refractivity contribution is -0.142. The van der Waals surface area contributed by atoms with Crippen LogP contribution in [-0.4, -0.2) is 67.9 Å². The van der Waals surface area contributed by atoms with Gasteiger partial charge < -0.3 is 36.8 Å². The number of aromatic nitrogens is 3. The van der Waals surface area contributed by atoms with Crippen molar-refractivity contribution < 1.29 is 24.3 Å². The maximum absolute atomic E-state index is 13.7. The molecule has 2 aromatic heterocycles. The van der Waals surface area contributed by atoms with Crippen LogP contribution in [-0.2, 0) is 32.0 Å². The normalized spacial score (nSPS) is 14.4.